The van der Waals surface area contributed by atoms with Gasteiger partial charge in [0.1, 0.15) is 5.75 Å². The fourth-order valence-corrected chi connectivity index (χ4v) is 3.78. The molecule has 2 bridgehead atoms. The van der Waals surface area contributed by atoms with E-state index >= 15 is 0 Å². The molecule has 0 saturated heterocycles. The van der Waals surface area contributed by atoms with E-state index in [-0.39, 0.29) is 5.91 Å². The Morgan fingerprint density at radius 3 is 2.95 bits per heavy atom. The first-order valence-corrected chi connectivity index (χ1v) is 7.18. The van der Waals surface area contributed by atoms with Crippen LogP contribution < -0.4 is 10.1 Å². The van der Waals surface area contributed by atoms with Crippen molar-refractivity contribution in [1.82, 2.24) is 0 Å². The van der Waals surface area contributed by atoms with Crippen LogP contribution in [0.2, 0.25) is 0 Å². The van der Waals surface area contributed by atoms with Crippen LogP contribution in [0.15, 0.2) is 24.3 Å². The lowest BCUT2D eigenvalue weighted by Crippen LogP contribution is -2.20. The Morgan fingerprint density at radius 1 is 1.37 bits per heavy atom. The zero-order valence-corrected chi connectivity index (χ0v) is 11.4. The molecule has 3 atom stereocenters. The number of hydrogen-bond donors (Lipinski definition) is 1. The molecular weight excluding hydrogens is 238 g/mol. The second kappa shape index (κ2) is 5.24. The molecule has 0 unspecified atom stereocenters. The molecule has 0 radical (unpaired) electrons. The van der Waals surface area contributed by atoms with Gasteiger partial charge in [-0.05, 0) is 49.1 Å². The number of methoxy groups -OCH3 is 1. The number of anilines is 1. The van der Waals surface area contributed by atoms with Crippen LogP contribution in [-0.2, 0) is 4.79 Å². The zero-order valence-electron chi connectivity index (χ0n) is 11.4. The van der Waals surface area contributed by atoms with Gasteiger partial charge in [-0.3, -0.25) is 4.79 Å². The number of carbonyl (C=O) groups excluding carboxylic acids is 1. The van der Waals surface area contributed by atoms with Gasteiger partial charge in [0.2, 0.25) is 5.91 Å². The Labute approximate surface area is 114 Å². The first kappa shape index (κ1) is 12.5. The van der Waals surface area contributed by atoms with E-state index in [0.29, 0.717) is 12.3 Å². The van der Waals surface area contributed by atoms with Gasteiger partial charge in [-0.1, -0.05) is 12.5 Å². The standard InChI is InChI=1S/C16H21NO2/c1-19-15-4-2-3-14(10-15)17-16(18)9-13-8-11-5-6-12(13)7-11/h2-4,10-13H,5-9H2,1H3,(H,17,18)/t11-,12-,13+/m1/s1. The molecule has 102 valence electrons. The lowest BCUT2D eigenvalue weighted by atomic mass is 9.86. The fourth-order valence-electron chi connectivity index (χ4n) is 3.78. The van der Waals surface area contributed by atoms with Crippen LogP contribution in [0.5, 0.6) is 5.75 Å². The van der Waals surface area contributed by atoms with Gasteiger partial charge in [0, 0.05) is 18.2 Å². The summed E-state index contributed by atoms with van der Waals surface area (Å²) in [6.45, 7) is 0. The van der Waals surface area contributed by atoms with Gasteiger partial charge in [-0.25, -0.2) is 0 Å². The third kappa shape index (κ3) is 2.75. The van der Waals surface area contributed by atoms with E-state index in [4.69, 9.17) is 4.74 Å². The van der Waals surface area contributed by atoms with Gasteiger partial charge in [0.15, 0.2) is 0 Å². The summed E-state index contributed by atoms with van der Waals surface area (Å²) in [5, 5.41) is 2.98. The molecule has 2 fully saturated rings. The van der Waals surface area contributed by atoms with Crippen LogP contribution in [0.25, 0.3) is 0 Å². The largest absolute Gasteiger partial charge is 0.497 e. The SMILES string of the molecule is COc1cccc(NC(=O)C[C@@H]2C[C@@H]3CC[C@@H]2C3)c1. The first-order valence-electron chi connectivity index (χ1n) is 7.18. The highest BCUT2D eigenvalue weighted by Gasteiger charge is 2.40. The number of fused-ring (bicyclic) bond motifs is 2. The van der Waals surface area contributed by atoms with Crippen LogP contribution in [0.3, 0.4) is 0 Å². The third-order valence-corrected chi connectivity index (χ3v) is 4.69. The Balaban J connectivity index is 1.56. The second-order valence-corrected chi connectivity index (χ2v) is 5.92. The molecule has 2 aliphatic rings. The van der Waals surface area contributed by atoms with Gasteiger partial charge in [0.05, 0.1) is 7.11 Å². The minimum absolute atomic E-state index is 0.144. The van der Waals surface area contributed by atoms with Gasteiger partial charge in [0.25, 0.3) is 0 Å². The molecule has 2 aliphatic carbocycles. The number of hydrogen-bond acceptors (Lipinski definition) is 2. The van der Waals surface area contributed by atoms with Crippen molar-refractivity contribution < 1.29 is 9.53 Å². The van der Waals surface area contributed by atoms with Crippen molar-refractivity contribution in [3.05, 3.63) is 24.3 Å². The quantitative estimate of drug-likeness (QED) is 0.899. The highest BCUT2D eigenvalue weighted by atomic mass is 16.5. The average molecular weight is 259 g/mol. The predicted molar refractivity (Wildman–Crippen MR) is 75.2 cm³/mol. The molecule has 3 nitrogen and oxygen atoms in total. The van der Waals surface area contributed by atoms with Crippen molar-refractivity contribution in [2.45, 2.75) is 32.1 Å². The smallest absolute Gasteiger partial charge is 0.224 e. The Morgan fingerprint density at radius 2 is 2.26 bits per heavy atom. The minimum atomic E-state index is 0.144. The highest BCUT2D eigenvalue weighted by Crippen LogP contribution is 2.49. The van der Waals surface area contributed by atoms with Gasteiger partial charge < -0.3 is 10.1 Å². The molecule has 1 amide bonds. The highest BCUT2D eigenvalue weighted by molar-refractivity contribution is 5.91. The zero-order chi connectivity index (χ0) is 13.2. The second-order valence-electron chi connectivity index (χ2n) is 5.92. The van der Waals surface area contributed by atoms with E-state index in [2.05, 4.69) is 5.32 Å². The van der Waals surface area contributed by atoms with Crippen molar-refractivity contribution in [2.75, 3.05) is 12.4 Å². The van der Waals surface area contributed by atoms with E-state index in [0.717, 1.165) is 23.3 Å². The van der Waals surface area contributed by atoms with Crippen molar-refractivity contribution >= 4 is 11.6 Å². The molecule has 3 heteroatoms. The summed E-state index contributed by atoms with van der Waals surface area (Å²) in [7, 11) is 1.64. The lowest BCUT2D eigenvalue weighted by molar-refractivity contribution is -0.117. The van der Waals surface area contributed by atoms with Crippen molar-refractivity contribution in [3.8, 4) is 5.75 Å². The molecule has 3 rings (SSSR count). The third-order valence-electron chi connectivity index (χ3n) is 4.69. The van der Waals surface area contributed by atoms with E-state index in [1.807, 2.05) is 24.3 Å². The minimum Gasteiger partial charge on any atom is -0.497 e. The fraction of sp³-hybridized carbons (Fsp3) is 0.562. The summed E-state index contributed by atoms with van der Waals surface area (Å²) in [6.07, 6.45) is 6.02. The van der Waals surface area contributed by atoms with E-state index in [1.165, 1.54) is 25.7 Å². The van der Waals surface area contributed by atoms with Crippen LogP contribution in [-0.4, -0.2) is 13.0 Å². The average Bonchev–Trinajstić information content (AvgIpc) is 3.01. The maximum absolute atomic E-state index is 12.1. The molecule has 1 aromatic carbocycles. The van der Waals surface area contributed by atoms with Crippen molar-refractivity contribution in [1.29, 1.82) is 0 Å². The van der Waals surface area contributed by atoms with Crippen LogP contribution in [0.4, 0.5) is 5.69 Å². The number of nitrogens with one attached hydrogen (secondary N) is 1. The Kier molecular flexibility index (Phi) is 3.45. The number of carbonyl (C=O) groups is 1. The van der Waals surface area contributed by atoms with E-state index in [9.17, 15) is 4.79 Å². The number of rotatable bonds is 4. The van der Waals surface area contributed by atoms with Crippen molar-refractivity contribution in [2.24, 2.45) is 17.8 Å². The van der Waals surface area contributed by atoms with E-state index < -0.39 is 0 Å². The van der Waals surface area contributed by atoms with E-state index in [1.54, 1.807) is 7.11 Å². The van der Waals surface area contributed by atoms with Crippen LogP contribution in [0.1, 0.15) is 32.1 Å². The van der Waals surface area contributed by atoms with Gasteiger partial charge in [-0.15, -0.1) is 0 Å². The molecule has 2 saturated carbocycles. The van der Waals surface area contributed by atoms with Crippen LogP contribution >= 0.6 is 0 Å². The van der Waals surface area contributed by atoms with Crippen molar-refractivity contribution in [3.63, 3.8) is 0 Å². The summed E-state index contributed by atoms with van der Waals surface area (Å²) >= 11 is 0. The lowest BCUT2D eigenvalue weighted by Gasteiger charge is -2.20. The number of ether oxygens (including phenoxy) is 1. The van der Waals surface area contributed by atoms with Gasteiger partial charge >= 0.3 is 0 Å². The monoisotopic (exact) mass is 259 g/mol. The topological polar surface area (TPSA) is 38.3 Å². The number of amides is 1. The number of benzene rings is 1. The summed E-state index contributed by atoms with van der Waals surface area (Å²) in [4.78, 5) is 12.1. The Hall–Kier alpha value is -1.51. The maximum Gasteiger partial charge on any atom is 0.224 e. The molecule has 1 aromatic rings. The predicted octanol–water partition coefficient (Wildman–Crippen LogP) is 3.46. The molecule has 0 spiro atoms. The maximum atomic E-state index is 12.1. The molecule has 1 N–H and O–H groups in total. The molecule has 0 heterocycles. The normalized spacial score (nSPS) is 28.4. The van der Waals surface area contributed by atoms with Gasteiger partial charge in [-0.2, -0.15) is 0 Å². The summed E-state index contributed by atoms with van der Waals surface area (Å²) in [6, 6.07) is 7.54. The molecular formula is C16H21NO2. The molecule has 0 aromatic heterocycles. The molecule has 19 heavy (non-hydrogen) atoms. The summed E-state index contributed by atoms with van der Waals surface area (Å²) < 4.78 is 5.16. The van der Waals surface area contributed by atoms with Crippen LogP contribution in [0, 0.1) is 17.8 Å². The Bertz CT molecular complexity index is 472. The summed E-state index contributed by atoms with van der Waals surface area (Å²) in [5.41, 5.74) is 0.826. The first-order chi connectivity index (χ1) is 9.24. The molecule has 0 aliphatic heterocycles. The summed E-state index contributed by atoms with van der Waals surface area (Å²) in [5.74, 6) is 3.24.